The maximum absolute atomic E-state index is 8.74. The van der Waals surface area contributed by atoms with Crippen molar-refractivity contribution in [1.82, 2.24) is 4.90 Å². The molecule has 2 rings (SSSR count). The lowest BCUT2D eigenvalue weighted by molar-refractivity contribution is 0.764. The average molecular weight is 195 g/mol. The van der Waals surface area contributed by atoms with Crippen LogP contribution in [0.5, 0.6) is 0 Å². The number of benzene rings is 1. The van der Waals surface area contributed by atoms with Crippen LogP contribution in [0.15, 0.2) is 36.4 Å². The first-order chi connectivity index (χ1) is 7.36. The Hall–Kier alpha value is -2.26. The molecule has 0 bridgehead atoms. The predicted octanol–water partition coefficient (Wildman–Crippen LogP) is 1.76. The van der Waals surface area contributed by atoms with Crippen LogP contribution in [0, 0.1) is 22.7 Å². The van der Waals surface area contributed by atoms with Crippen LogP contribution in [0.2, 0.25) is 0 Å². The Morgan fingerprint density at radius 1 is 1.33 bits per heavy atom. The Morgan fingerprint density at radius 2 is 2.07 bits per heavy atom. The highest BCUT2D eigenvalue weighted by Gasteiger charge is 2.36. The number of hydrogen-bond donors (Lipinski definition) is 0. The van der Waals surface area contributed by atoms with Crippen LogP contribution in [0.3, 0.4) is 0 Å². The summed E-state index contributed by atoms with van der Waals surface area (Å²) in [6.45, 7) is 0.721. The van der Waals surface area contributed by atoms with Gasteiger partial charge >= 0.3 is 0 Å². The molecule has 1 aliphatic heterocycles. The van der Waals surface area contributed by atoms with E-state index in [1.807, 2.05) is 41.3 Å². The summed E-state index contributed by atoms with van der Waals surface area (Å²) in [5.74, 6) is 0. The van der Waals surface area contributed by atoms with E-state index in [9.17, 15) is 0 Å². The van der Waals surface area contributed by atoms with Gasteiger partial charge in [0.1, 0.15) is 6.04 Å². The van der Waals surface area contributed by atoms with Crippen LogP contribution in [0.1, 0.15) is 5.56 Å². The second-order valence-corrected chi connectivity index (χ2v) is 3.32. The highest BCUT2D eigenvalue weighted by atomic mass is 15.3. The smallest absolute Gasteiger partial charge is 0.134 e. The van der Waals surface area contributed by atoms with E-state index in [0.29, 0.717) is 0 Å². The largest absolute Gasteiger partial charge is 0.350 e. The van der Waals surface area contributed by atoms with Crippen LogP contribution in [-0.4, -0.2) is 17.5 Å². The van der Waals surface area contributed by atoms with Gasteiger partial charge in [-0.2, -0.15) is 10.5 Å². The molecule has 0 aliphatic carbocycles. The Labute approximate surface area is 88.5 Å². The molecule has 3 heteroatoms. The summed E-state index contributed by atoms with van der Waals surface area (Å²) in [4.78, 5) is 1.92. The third-order valence-corrected chi connectivity index (χ3v) is 2.34. The molecule has 1 aliphatic rings. The van der Waals surface area contributed by atoms with Gasteiger partial charge in [0, 0.05) is 6.08 Å². The van der Waals surface area contributed by atoms with Crippen LogP contribution in [0.25, 0.3) is 5.70 Å². The summed E-state index contributed by atoms with van der Waals surface area (Å²) in [6, 6.07) is 13.8. The van der Waals surface area contributed by atoms with Crippen molar-refractivity contribution < 1.29 is 0 Å². The standard InChI is InChI=1S/C12H9N3/c13-7-6-12(15-9-11(15)8-14)10-4-2-1-3-5-10/h1-6,11H,9H2/b12-6+. The van der Waals surface area contributed by atoms with E-state index in [0.717, 1.165) is 17.8 Å². The summed E-state index contributed by atoms with van der Waals surface area (Å²) in [6.07, 6.45) is 1.49. The fourth-order valence-electron chi connectivity index (χ4n) is 1.52. The van der Waals surface area contributed by atoms with Gasteiger partial charge in [-0.25, -0.2) is 0 Å². The zero-order chi connectivity index (χ0) is 10.7. The lowest BCUT2D eigenvalue weighted by Gasteiger charge is -2.07. The first kappa shape index (κ1) is 9.30. The maximum Gasteiger partial charge on any atom is 0.134 e. The average Bonchev–Trinajstić information content (AvgIpc) is 3.06. The minimum absolute atomic E-state index is 0.0650. The van der Waals surface area contributed by atoms with Gasteiger partial charge in [-0.05, 0) is 5.56 Å². The highest BCUT2D eigenvalue weighted by molar-refractivity contribution is 5.68. The Kier molecular flexibility index (Phi) is 2.39. The highest BCUT2D eigenvalue weighted by Crippen LogP contribution is 2.30. The second-order valence-electron chi connectivity index (χ2n) is 3.32. The third kappa shape index (κ3) is 1.82. The number of allylic oxidation sites excluding steroid dienone is 1. The molecule has 1 aromatic carbocycles. The topological polar surface area (TPSA) is 50.6 Å². The molecule has 72 valence electrons. The molecule has 1 aromatic rings. The number of hydrogen-bond acceptors (Lipinski definition) is 3. The Balaban J connectivity index is 2.29. The van der Waals surface area contributed by atoms with E-state index in [1.165, 1.54) is 6.08 Å². The summed E-state index contributed by atoms with van der Waals surface area (Å²) in [5.41, 5.74) is 1.82. The first-order valence-electron chi connectivity index (χ1n) is 4.68. The van der Waals surface area contributed by atoms with Gasteiger partial charge in [0.05, 0.1) is 24.4 Å². The Morgan fingerprint density at radius 3 is 2.60 bits per heavy atom. The molecule has 1 atom stereocenters. The van der Waals surface area contributed by atoms with Gasteiger partial charge in [-0.1, -0.05) is 30.3 Å². The summed E-state index contributed by atoms with van der Waals surface area (Å²) in [5, 5.41) is 17.4. The molecule has 0 saturated carbocycles. The molecule has 15 heavy (non-hydrogen) atoms. The van der Waals surface area contributed by atoms with Gasteiger partial charge in [-0.3, -0.25) is 0 Å². The number of nitrogens with zero attached hydrogens (tertiary/aromatic N) is 3. The monoisotopic (exact) mass is 195 g/mol. The molecule has 1 unspecified atom stereocenters. The van der Waals surface area contributed by atoms with Gasteiger partial charge in [0.2, 0.25) is 0 Å². The normalized spacial score (nSPS) is 19.2. The van der Waals surface area contributed by atoms with Gasteiger partial charge in [0.25, 0.3) is 0 Å². The minimum atomic E-state index is -0.0650. The first-order valence-corrected chi connectivity index (χ1v) is 4.68. The van der Waals surface area contributed by atoms with E-state index in [1.54, 1.807) is 0 Å². The lowest BCUT2D eigenvalue weighted by atomic mass is 10.1. The zero-order valence-corrected chi connectivity index (χ0v) is 8.09. The predicted molar refractivity (Wildman–Crippen MR) is 56.1 cm³/mol. The van der Waals surface area contributed by atoms with Crippen LogP contribution in [-0.2, 0) is 0 Å². The summed E-state index contributed by atoms with van der Waals surface area (Å²) < 4.78 is 0. The molecule has 3 nitrogen and oxygen atoms in total. The molecule has 1 heterocycles. The van der Waals surface area contributed by atoms with Crippen molar-refractivity contribution in [3.63, 3.8) is 0 Å². The fourth-order valence-corrected chi connectivity index (χ4v) is 1.52. The van der Waals surface area contributed by atoms with Crippen molar-refractivity contribution in [2.24, 2.45) is 0 Å². The number of nitriles is 2. The molecule has 1 fully saturated rings. The van der Waals surface area contributed by atoms with E-state index in [-0.39, 0.29) is 6.04 Å². The van der Waals surface area contributed by atoms with Crippen molar-refractivity contribution in [3.8, 4) is 12.1 Å². The van der Waals surface area contributed by atoms with Gasteiger partial charge < -0.3 is 4.90 Å². The van der Waals surface area contributed by atoms with Gasteiger partial charge in [0.15, 0.2) is 0 Å². The molecule has 0 aromatic heterocycles. The van der Waals surface area contributed by atoms with Crippen molar-refractivity contribution in [2.45, 2.75) is 6.04 Å². The van der Waals surface area contributed by atoms with Crippen molar-refractivity contribution in [1.29, 1.82) is 10.5 Å². The fraction of sp³-hybridized carbons (Fsp3) is 0.167. The van der Waals surface area contributed by atoms with Gasteiger partial charge in [-0.15, -0.1) is 0 Å². The Bertz CT molecular complexity index is 462. The second kappa shape index (κ2) is 3.86. The van der Waals surface area contributed by atoms with E-state index >= 15 is 0 Å². The van der Waals surface area contributed by atoms with Crippen LogP contribution >= 0.6 is 0 Å². The maximum atomic E-state index is 8.74. The molecular formula is C12H9N3. The summed E-state index contributed by atoms with van der Waals surface area (Å²) >= 11 is 0. The molecule has 0 spiro atoms. The lowest BCUT2D eigenvalue weighted by Crippen LogP contribution is -1.99. The van der Waals surface area contributed by atoms with Crippen molar-refractivity contribution >= 4 is 5.70 Å². The van der Waals surface area contributed by atoms with E-state index < -0.39 is 0 Å². The molecule has 1 saturated heterocycles. The molecular weight excluding hydrogens is 186 g/mol. The van der Waals surface area contributed by atoms with E-state index in [4.69, 9.17) is 10.5 Å². The quantitative estimate of drug-likeness (QED) is 0.533. The molecule has 0 amide bonds. The van der Waals surface area contributed by atoms with E-state index in [2.05, 4.69) is 6.07 Å². The number of rotatable bonds is 2. The zero-order valence-electron chi connectivity index (χ0n) is 8.09. The van der Waals surface area contributed by atoms with Crippen molar-refractivity contribution in [3.05, 3.63) is 42.0 Å². The van der Waals surface area contributed by atoms with Crippen LogP contribution < -0.4 is 0 Å². The molecule has 0 radical (unpaired) electrons. The molecule has 0 N–H and O–H groups in total. The SMILES string of the molecule is N#C/C=C(\c1ccccc1)N1CC1C#N. The van der Waals surface area contributed by atoms with Crippen LogP contribution in [0.4, 0.5) is 0 Å². The third-order valence-electron chi connectivity index (χ3n) is 2.34. The summed E-state index contributed by atoms with van der Waals surface area (Å²) in [7, 11) is 0. The minimum Gasteiger partial charge on any atom is -0.350 e. The van der Waals surface area contributed by atoms with Crippen molar-refractivity contribution in [2.75, 3.05) is 6.54 Å².